The highest BCUT2D eigenvalue weighted by Crippen LogP contribution is 2.28. The van der Waals surface area contributed by atoms with E-state index in [2.05, 4.69) is 0 Å². The lowest BCUT2D eigenvalue weighted by molar-refractivity contribution is -0.0677. The number of hydroxylamine groups is 1. The van der Waals surface area contributed by atoms with Gasteiger partial charge in [-0.1, -0.05) is 40.9 Å². The Morgan fingerprint density at radius 2 is 1.89 bits per heavy atom. The van der Waals surface area contributed by atoms with Crippen LogP contribution < -0.4 is 0 Å². The molecule has 1 fully saturated rings. The highest BCUT2D eigenvalue weighted by molar-refractivity contribution is 7.89. The van der Waals surface area contributed by atoms with Crippen LogP contribution in [0, 0.1) is 0 Å². The molecule has 0 aliphatic carbocycles. The molecule has 1 aliphatic rings. The van der Waals surface area contributed by atoms with Crippen molar-refractivity contribution >= 4 is 20.8 Å². The summed E-state index contributed by atoms with van der Waals surface area (Å²) in [5.41, 5.74) is 0. The minimum atomic E-state index is -3.59. The first-order valence-corrected chi connectivity index (χ1v) is 7.70. The van der Waals surface area contributed by atoms with Crippen LogP contribution in [0.5, 0.6) is 0 Å². The fourth-order valence-electron chi connectivity index (χ4n) is 2.30. The maximum atomic E-state index is 12.6. The van der Waals surface area contributed by atoms with Crippen molar-refractivity contribution in [2.24, 2.45) is 0 Å². The molecule has 0 saturated carbocycles. The standard InChI is InChI=1S/C14H15NO3S/c1-11-9-10-15(18-11)19(16,17)14-8-4-6-12-5-2-3-7-13(12)14/h2-8,11H,9-10H2,1H3. The van der Waals surface area contributed by atoms with Gasteiger partial charge in [-0.3, -0.25) is 4.84 Å². The molecule has 19 heavy (non-hydrogen) atoms. The number of hydrogen-bond donors (Lipinski definition) is 0. The third kappa shape index (κ3) is 2.14. The molecule has 1 saturated heterocycles. The van der Waals surface area contributed by atoms with Crippen LogP contribution in [0.4, 0.5) is 0 Å². The number of nitrogens with zero attached hydrogens (tertiary/aromatic N) is 1. The van der Waals surface area contributed by atoms with Crippen molar-refractivity contribution < 1.29 is 13.3 Å². The summed E-state index contributed by atoms with van der Waals surface area (Å²) in [4.78, 5) is 5.68. The number of fused-ring (bicyclic) bond motifs is 1. The summed E-state index contributed by atoms with van der Waals surface area (Å²) >= 11 is 0. The maximum Gasteiger partial charge on any atom is 0.265 e. The summed E-state index contributed by atoms with van der Waals surface area (Å²) in [5.74, 6) is 0. The maximum absolute atomic E-state index is 12.6. The van der Waals surface area contributed by atoms with E-state index in [1.165, 1.54) is 0 Å². The molecule has 1 heterocycles. The van der Waals surface area contributed by atoms with Gasteiger partial charge in [-0.15, -0.1) is 0 Å². The van der Waals surface area contributed by atoms with Gasteiger partial charge in [0.1, 0.15) is 0 Å². The second kappa shape index (κ2) is 4.59. The van der Waals surface area contributed by atoms with Crippen LogP contribution in [0.1, 0.15) is 13.3 Å². The monoisotopic (exact) mass is 277 g/mol. The second-order valence-corrected chi connectivity index (χ2v) is 6.51. The molecular weight excluding hydrogens is 262 g/mol. The van der Waals surface area contributed by atoms with E-state index < -0.39 is 10.0 Å². The fraction of sp³-hybridized carbons (Fsp3) is 0.286. The first kappa shape index (κ1) is 12.6. The highest BCUT2D eigenvalue weighted by atomic mass is 32.2. The van der Waals surface area contributed by atoms with E-state index in [9.17, 15) is 8.42 Å². The molecule has 0 N–H and O–H groups in total. The van der Waals surface area contributed by atoms with Crippen molar-refractivity contribution in [3.05, 3.63) is 42.5 Å². The van der Waals surface area contributed by atoms with Gasteiger partial charge < -0.3 is 0 Å². The molecule has 0 radical (unpaired) electrons. The van der Waals surface area contributed by atoms with Crippen molar-refractivity contribution in [1.29, 1.82) is 0 Å². The van der Waals surface area contributed by atoms with Crippen molar-refractivity contribution in [2.45, 2.75) is 24.3 Å². The molecule has 3 rings (SSSR count). The predicted molar refractivity (Wildman–Crippen MR) is 73.0 cm³/mol. The normalized spacial score (nSPS) is 21.0. The van der Waals surface area contributed by atoms with Crippen molar-refractivity contribution in [2.75, 3.05) is 6.54 Å². The van der Waals surface area contributed by atoms with Gasteiger partial charge in [-0.2, -0.15) is 0 Å². The van der Waals surface area contributed by atoms with E-state index in [-0.39, 0.29) is 6.10 Å². The van der Waals surface area contributed by atoms with E-state index in [4.69, 9.17) is 4.84 Å². The average Bonchev–Trinajstić information content (AvgIpc) is 2.85. The number of sulfonamides is 1. The van der Waals surface area contributed by atoms with E-state index in [0.717, 1.165) is 21.7 Å². The highest BCUT2D eigenvalue weighted by Gasteiger charge is 2.32. The SMILES string of the molecule is CC1CCN(S(=O)(=O)c2cccc3ccccc23)O1. The van der Waals surface area contributed by atoms with Gasteiger partial charge in [0.25, 0.3) is 10.0 Å². The van der Waals surface area contributed by atoms with Gasteiger partial charge in [0.05, 0.1) is 11.0 Å². The van der Waals surface area contributed by atoms with Crippen molar-refractivity contribution in [3.8, 4) is 0 Å². The summed E-state index contributed by atoms with van der Waals surface area (Å²) in [6.07, 6.45) is 0.675. The van der Waals surface area contributed by atoms with Gasteiger partial charge in [-0.25, -0.2) is 8.42 Å². The molecular formula is C14H15NO3S. The Balaban J connectivity index is 2.14. The Morgan fingerprint density at radius 3 is 2.63 bits per heavy atom. The second-order valence-electron chi connectivity index (χ2n) is 4.71. The molecule has 1 unspecified atom stereocenters. The molecule has 0 amide bonds. The molecule has 4 nitrogen and oxygen atoms in total. The van der Waals surface area contributed by atoms with Crippen LogP contribution in [-0.4, -0.2) is 25.5 Å². The van der Waals surface area contributed by atoms with Crippen LogP contribution in [-0.2, 0) is 14.9 Å². The summed E-state index contributed by atoms with van der Waals surface area (Å²) in [7, 11) is -3.59. The summed E-state index contributed by atoms with van der Waals surface area (Å²) < 4.78 is 26.3. The fourth-order valence-corrected chi connectivity index (χ4v) is 3.84. The van der Waals surface area contributed by atoms with Gasteiger partial charge in [0, 0.05) is 11.9 Å². The van der Waals surface area contributed by atoms with Crippen molar-refractivity contribution in [1.82, 2.24) is 4.47 Å². The van der Waals surface area contributed by atoms with Crippen LogP contribution in [0.25, 0.3) is 10.8 Å². The smallest absolute Gasteiger partial charge is 0.265 e. The largest absolute Gasteiger partial charge is 0.281 e. The van der Waals surface area contributed by atoms with Gasteiger partial charge >= 0.3 is 0 Å². The minimum Gasteiger partial charge on any atom is -0.281 e. The molecule has 1 atom stereocenters. The Hall–Kier alpha value is -1.43. The zero-order valence-corrected chi connectivity index (χ0v) is 11.4. The first-order chi connectivity index (χ1) is 9.09. The Morgan fingerprint density at radius 1 is 1.16 bits per heavy atom. The van der Waals surface area contributed by atoms with Crippen LogP contribution in [0.3, 0.4) is 0 Å². The van der Waals surface area contributed by atoms with Gasteiger partial charge in [0.2, 0.25) is 0 Å². The Kier molecular flexibility index (Phi) is 3.05. The van der Waals surface area contributed by atoms with Crippen molar-refractivity contribution in [3.63, 3.8) is 0 Å². The van der Waals surface area contributed by atoms with E-state index in [1.54, 1.807) is 12.1 Å². The average molecular weight is 277 g/mol. The first-order valence-electron chi connectivity index (χ1n) is 6.26. The lowest BCUT2D eigenvalue weighted by Crippen LogP contribution is -2.27. The van der Waals surface area contributed by atoms with E-state index >= 15 is 0 Å². The van der Waals surface area contributed by atoms with Gasteiger partial charge in [0.15, 0.2) is 0 Å². The topological polar surface area (TPSA) is 46.6 Å². The zero-order chi connectivity index (χ0) is 13.5. The third-order valence-electron chi connectivity index (χ3n) is 3.31. The van der Waals surface area contributed by atoms with Gasteiger partial charge in [-0.05, 0) is 24.8 Å². The summed E-state index contributed by atoms with van der Waals surface area (Å²) in [5, 5.41) is 1.64. The number of rotatable bonds is 2. The predicted octanol–water partition coefficient (Wildman–Crippen LogP) is 2.55. The molecule has 0 spiro atoms. The molecule has 100 valence electrons. The summed E-state index contributed by atoms with van der Waals surface area (Å²) in [6, 6.07) is 12.8. The zero-order valence-electron chi connectivity index (χ0n) is 10.6. The van der Waals surface area contributed by atoms with Crippen LogP contribution >= 0.6 is 0 Å². The lowest BCUT2D eigenvalue weighted by atomic mass is 10.1. The Labute approximate surface area is 112 Å². The molecule has 1 aliphatic heterocycles. The van der Waals surface area contributed by atoms with Crippen LogP contribution in [0.2, 0.25) is 0 Å². The minimum absolute atomic E-state index is 0.0512. The quantitative estimate of drug-likeness (QED) is 0.847. The number of benzene rings is 2. The lowest BCUT2D eigenvalue weighted by Gasteiger charge is -2.16. The van der Waals surface area contributed by atoms with E-state index in [1.807, 2.05) is 37.3 Å². The van der Waals surface area contributed by atoms with Crippen LogP contribution in [0.15, 0.2) is 47.4 Å². The third-order valence-corrected chi connectivity index (χ3v) is 5.03. The molecule has 0 bridgehead atoms. The summed E-state index contributed by atoms with van der Waals surface area (Å²) in [6.45, 7) is 2.28. The Bertz CT molecular complexity index is 706. The molecule has 5 heteroatoms. The molecule has 2 aromatic rings. The van der Waals surface area contributed by atoms with E-state index in [0.29, 0.717) is 11.4 Å². The molecule has 2 aromatic carbocycles. The molecule has 0 aromatic heterocycles. The number of hydrogen-bond acceptors (Lipinski definition) is 3.